The summed E-state index contributed by atoms with van der Waals surface area (Å²) in [6.45, 7) is 0.332. The molecule has 0 saturated carbocycles. The first-order chi connectivity index (χ1) is 13.0. The number of rotatable bonds is 6. The summed E-state index contributed by atoms with van der Waals surface area (Å²) in [5, 5.41) is 16.5. The minimum atomic E-state index is -1.20. The van der Waals surface area contributed by atoms with Crippen LogP contribution in [-0.4, -0.2) is 26.9 Å². The third kappa shape index (κ3) is 4.86. The van der Waals surface area contributed by atoms with Crippen LogP contribution in [0.3, 0.4) is 0 Å². The van der Waals surface area contributed by atoms with E-state index in [1.807, 2.05) is 30.3 Å². The van der Waals surface area contributed by atoms with Gasteiger partial charge in [-0.25, -0.2) is 14.3 Å². The van der Waals surface area contributed by atoms with E-state index >= 15 is 0 Å². The number of hydrogen-bond donors (Lipinski definition) is 2. The van der Waals surface area contributed by atoms with Crippen molar-refractivity contribution in [1.82, 2.24) is 9.78 Å². The van der Waals surface area contributed by atoms with Gasteiger partial charge < -0.3 is 9.84 Å². The molecule has 1 amide bonds. The first kappa shape index (κ1) is 18.5. The van der Waals surface area contributed by atoms with Gasteiger partial charge in [0.25, 0.3) is 0 Å². The van der Waals surface area contributed by atoms with Gasteiger partial charge in [0.15, 0.2) is 0 Å². The van der Waals surface area contributed by atoms with Crippen LogP contribution in [0.25, 0.3) is 0 Å². The normalized spacial score (nSPS) is 10.4. The molecule has 27 heavy (non-hydrogen) atoms. The zero-order valence-corrected chi connectivity index (χ0v) is 14.9. The third-order valence-corrected chi connectivity index (χ3v) is 4.00. The molecule has 0 aliphatic rings. The highest BCUT2D eigenvalue weighted by atomic mass is 35.5. The molecular formula is C19H16ClN3O4. The number of halogens is 1. The maximum atomic E-state index is 12.1. The second kappa shape index (κ2) is 8.37. The molecule has 0 saturated heterocycles. The van der Waals surface area contributed by atoms with Crippen molar-refractivity contribution in [2.75, 3.05) is 5.32 Å². The fourth-order valence-electron chi connectivity index (χ4n) is 2.41. The molecule has 2 aromatic carbocycles. The fraction of sp³-hybridized carbons (Fsp3) is 0.105. The zero-order valence-electron chi connectivity index (χ0n) is 14.1. The van der Waals surface area contributed by atoms with Crippen LogP contribution >= 0.6 is 11.6 Å². The van der Waals surface area contributed by atoms with Gasteiger partial charge in [-0.1, -0.05) is 54.1 Å². The van der Waals surface area contributed by atoms with Crippen molar-refractivity contribution in [1.29, 1.82) is 0 Å². The van der Waals surface area contributed by atoms with Crippen molar-refractivity contribution in [3.05, 3.63) is 82.5 Å². The number of carbonyl (C=O) groups excluding carboxylic acids is 1. The molecule has 1 aromatic heterocycles. The number of nitrogens with one attached hydrogen (secondary N) is 1. The highest BCUT2D eigenvalue weighted by Crippen LogP contribution is 2.19. The molecule has 3 rings (SSSR count). The number of hydrogen-bond acceptors (Lipinski definition) is 4. The Morgan fingerprint density at radius 1 is 1.07 bits per heavy atom. The number of anilines is 1. The Bertz CT molecular complexity index is 939. The number of aromatic nitrogens is 2. The van der Waals surface area contributed by atoms with Gasteiger partial charge in [-0.3, -0.25) is 5.32 Å². The average molecular weight is 386 g/mol. The van der Waals surface area contributed by atoms with E-state index in [0.29, 0.717) is 5.02 Å². The summed E-state index contributed by atoms with van der Waals surface area (Å²) in [5.41, 5.74) is 1.54. The van der Waals surface area contributed by atoms with E-state index in [4.69, 9.17) is 16.3 Å². The Labute approximate surface area is 160 Å². The maximum absolute atomic E-state index is 12.1. The summed E-state index contributed by atoms with van der Waals surface area (Å²) in [7, 11) is 0. The van der Waals surface area contributed by atoms with E-state index in [1.54, 1.807) is 24.3 Å². The van der Waals surface area contributed by atoms with Gasteiger partial charge in [-0.15, -0.1) is 0 Å². The minimum absolute atomic E-state index is 0.0514. The van der Waals surface area contributed by atoms with E-state index in [1.165, 1.54) is 10.9 Å². The Morgan fingerprint density at radius 2 is 1.78 bits per heavy atom. The molecule has 0 spiro atoms. The van der Waals surface area contributed by atoms with Crippen LogP contribution in [0.15, 0.2) is 60.8 Å². The number of benzene rings is 2. The Morgan fingerprint density at radius 3 is 2.44 bits per heavy atom. The third-order valence-electron chi connectivity index (χ3n) is 3.75. The van der Waals surface area contributed by atoms with E-state index in [9.17, 15) is 14.7 Å². The lowest BCUT2D eigenvalue weighted by Gasteiger charge is -2.11. The van der Waals surface area contributed by atoms with Gasteiger partial charge in [0, 0.05) is 5.02 Å². The van der Waals surface area contributed by atoms with Crippen molar-refractivity contribution in [2.24, 2.45) is 0 Å². The molecule has 0 unspecified atom stereocenters. The van der Waals surface area contributed by atoms with Crippen molar-refractivity contribution < 1.29 is 19.4 Å². The summed E-state index contributed by atoms with van der Waals surface area (Å²) in [6.07, 6.45) is 0.421. The van der Waals surface area contributed by atoms with Gasteiger partial charge >= 0.3 is 12.1 Å². The summed E-state index contributed by atoms with van der Waals surface area (Å²) >= 11 is 5.87. The van der Waals surface area contributed by atoms with Crippen molar-refractivity contribution >= 4 is 29.5 Å². The van der Waals surface area contributed by atoms with Gasteiger partial charge in [-0.2, -0.15) is 5.10 Å². The number of aromatic carboxylic acids is 1. The standard InChI is InChI=1S/C19H16ClN3O4/c20-15-8-6-13(7-9-15)11-23-17(16(10-21-23)18(24)25)22-19(26)27-12-14-4-2-1-3-5-14/h1-10H,11-12H2,(H,22,26)(H,24,25). The summed E-state index contributed by atoms with van der Waals surface area (Å²) in [4.78, 5) is 23.6. The van der Waals surface area contributed by atoms with Crippen molar-refractivity contribution in [2.45, 2.75) is 13.2 Å². The number of carboxylic acid groups (broad SMARTS) is 1. The van der Waals surface area contributed by atoms with E-state index in [-0.39, 0.29) is 24.5 Å². The molecule has 138 valence electrons. The lowest BCUT2D eigenvalue weighted by atomic mass is 10.2. The lowest BCUT2D eigenvalue weighted by molar-refractivity contribution is 0.0698. The van der Waals surface area contributed by atoms with Crippen molar-refractivity contribution in [3.63, 3.8) is 0 Å². The summed E-state index contributed by atoms with van der Waals surface area (Å²) in [6, 6.07) is 16.2. The van der Waals surface area contributed by atoms with Gasteiger partial charge in [0.2, 0.25) is 0 Å². The largest absolute Gasteiger partial charge is 0.477 e. The topological polar surface area (TPSA) is 93.5 Å². The maximum Gasteiger partial charge on any atom is 0.413 e. The van der Waals surface area contributed by atoms with Gasteiger partial charge in [0.05, 0.1) is 12.7 Å². The molecular weight excluding hydrogens is 370 g/mol. The SMILES string of the molecule is O=C(Nc1c(C(=O)O)cnn1Cc1ccc(Cl)cc1)OCc1ccccc1. The van der Waals surface area contributed by atoms with Gasteiger partial charge in [0.1, 0.15) is 18.0 Å². The van der Waals surface area contributed by atoms with Crippen LogP contribution in [0, 0.1) is 0 Å². The van der Waals surface area contributed by atoms with Crippen LogP contribution < -0.4 is 5.32 Å². The Kier molecular flexibility index (Phi) is 5.73. The first-order valence-electron chi connectivity index (χ1n) is 8.04. The predicted molar refractivity (Wildman–Crippen MR) is 100.0 cm³/mol. The average Bonchev–Trinajstić information content (AvgIpc) is 3.05. The second-order valence-corrected chi connectivity index (χ2v) is 6.12. The molecule has 3 aromatic rings. The smallest absolute Gasteiger partial charge is 0.413 e. The van der Waals surface area contributed by atoms with Crippen molar-refractivity contribution in [3.8, 4) is 0 Å². The second-order valence-electron chi connectivity index (χ2n) is 5.68. The van der Waals surface area contributed by atoms with Crippen LogP contribution in [0.5, 0.6) is 0 Å². The number of carbonyl (C=O) groups is 2. The monoisotopic (exact) mass is 385 g/mol. The van der Waals surface area contributed by atoms with E-state index in [0.717, 1.165) is 11.1 Å². The fourth-order valence-corrected chi connectivity index (χ4v) is 2.54. The lowest BCUT2D eigenvalue weighted by Crippen LogP contribution is -2.19. The number of amides is 1. The predicted octanol–water partition coefficient (Wildman–Crippen LogP) is 4.03. The molecule has 0 aliphatic carbocycles. The molecule has 0 fully saturated rings. The van der Waals surface area contributed by atoms with E-state index < -0.39 is 12.1 Å². The molecule has 8 heteroatoms. The molecule has 0 bridgehead atoms. The minimum Gasteiger partial charge on any atom is -0.477 e. The Hall–Kier alpha value is -3.32. The number of ether oxygens (including phenoxy) is 1. The highest BCUT2D eigenvalue weighted by molar-refractivity contribution is 6.30. The molecule has 0 aliphatic heterocycles. The molecule has 0 radical (unpaired) electrons. The molecule has 2 N–H and O–H groups in total. The first-order valence-corrected chi connectivity index (χ1v) is 8.42. The summed E-state index contributed by atoms with van der Waals surface area (Å²) < 4.78 is 6.54. The van der Waals surface area contributed by atoms with Crippen LogP contribution in [-0.2, 0) is 17.9 Å². The highest BCUT2D eigenvalue weighted by Gasteiger charge is 2.19. The van der Waals surface area contributed by atoms with Crippen LogP contribution in [0.2, 0.25) is 5.02 Å². The van der Waals surface area contributed by atoms with E-state index in [2.05, 4.69) is 10.4 Å². The Balaban J connectivity index is 1.74. The summed E-state index contributed by atoms with van der Waals surface area (Å²) in [5.74, 6) is -1.15. The quantitative estimate of drug-likeness (QED) is 0.668. The van der Waals surface area contributed by atoms with Gasteiger partial charge in [-0.05, 0) is 23.3 Å². The number of carboxylic acids is 1. The zero-order chi connectivity index (χ0) is 19.2. The number of nitrogens with zero attached hydrogens (tertiary/aromatic N) is 2. The molecule has 0 atom stereocenters. The van der Waals surface area contributed by atoms with Crippen LogP contribution in [0.1, 0.15) is 21.5 Å². The van der Waals surface area contributed by atoms with Crippen LogP contribution in [0.4, 0.5) is 10.6 Å². The molecule has 1 heterocycles. The molecule has 7 nitrogen and oxygen atoms in total.